The normalized spacial score (nSPS) is 16.8. The second-order valence-corrected chi connectivity index (χ2v) is 7.04. The van der Waals surface area contributed by atoms with Crippen molar-refractivity contribution in [1.82, 2.24) is 30.0 Å². The number of fused-ring (bicyclic) bond motifs is 1. The van der Waals surface area contributed by atoms with Gasteiger partial charge in [0, 0.05) is 33.2 Å². The van der Waals surface area contributed by atoms with Crippen LogP contribution in [0.3, 0.4) is 0 Å². The summed E-state index contributed by atoms with van der Waals surface area (Å²) < 4.78 is 1.78. The van der Waals surface area contributed by atoms with Crippen molar-refractivity contribution in [2.45, 2.75) is 19.8 Å². The van der Waals surface area contributed by atoms with Crippen LogP contribution in [-0.4, -0.2) is 69.8 Å². The third-order valence-electron chi connectivity index (χ3n) is 5.02. The maximum Gasteiger partial charge on any atom is 0.236 e. The number of amides is 1. The number of aromatic nitrogens is 4. The Morgan fingerprint density at radius 2 is 1.89 bits per heavy atom. The minimum absolute atomic E-state index is 0. The SMILES string of the molecule is Cc1nc(N2CCN(C(=O)CNCC3CC3)CC2)c2cnn(C)c2n1.Cl.Cl. The van der Waals surface area contributed by atoms with E-state index in [4.69, 9.17) is 0 Å². The molecule has 1 aliphatic heterocycles. The fourth-order valence-corrected chi connectivity index (χ4v) is 3.34. The van der Waals surface area contributed by atoms with Gasteiger partial charge in [-0.3, -0.25) is 9.48 Å². The molecular formula is C17H27Cl2N7O. The molecule has 2 fully saturated rings. The number of hydrogen-bond acceptors (Lipinski definition) is 6. The summed E-state index contributed by atoms with van der Waals surface area (Å²) in [4.78, 5) is 25.6. The molecule has 1 amide bonds. The first-order valence-corrected chi connectivity index (χ1v) is 9.01. The van der Waals surface area contributed by atoms with Crippen molar-refractivity contribution < 1.29 is 4.79 Å². The molecule has 27 heavy (non-hydrogen) atoms. The minimum atomic E-state index is 0. The third-order valence-corrected chi connectivity index (χ3v) is 5.02. The van der Waals surface area contributed by atoms with Gasteiger partial charge in [0.25, 0.3) is 0 Å². The predicted octanol–water partition coefficient (Wildman–Crippen LogP) is 1.16. The summed E-state index contributed by atoms with van der Waals surface area (Å²) in [6, 6.07) is 0. The number of halogens is 2. The lowest BCUT2D eigenvalue weighted by molar-refractivity contribution is -0.130. The number of aryl methyl sites for hydroxylation is 2. The van der Waals surface area contributed by atoms with Gasteiger partial charge in [0.05, 0.1) is 18.1 Å². The van der Waals surface area contributed by atoms with Gasteiger partial charge in [-0.1, -0.05) is 0 Å². The summed E-state index contributed by atoms with van der Waals surface area (Å²) in [7, 11) is 1.89. The zero-order valence-corrected chi connectivity index (χ0v) is 17.4. The Hall–Kier alpha value is -1.64. The van der Waals surface area contributed by atoms with Crippen LogP contribution in [0.1, 0.15) is 18.7 Å². The Bertz CT molecular complexity index is 785. The highest BCUT2D eigenvalue weighted by Gasteiger charge is 2.25. The molecule has 0 atom stereocenters. The van der Waals surface area contributed by atoms with E-state index in [0.29, 0.717) is 6.54 Å². The molecule has 8 nitrogen and oxygen atoms in total. The molecule has 3 heterocycles. The molecule has 0 spiro atoms. The topological polar surface area (TPSA) is 79.2 Å². The third kappa shape index (κ3) is 4.80. The van der Waals surface area contributed by atoms with Crippen LogP contribution >= 0.6 is 24.8 Å². The van der Waals surface area contributed by atoms with E-state index in [9.17, 15) is 4.79 Å². The largest absolute Gasteiger partial charge is 0.352 e. The van der Waals surface area contributed by atoms with E-state index in [-0.39, 0.29) is 30.7 Å². The summed E-state index contributed by atoms with van der Waals surface area (Å²) in [5.74, 6) is 2.67. The maximum atomic E-state index is 12.3. The van der Waals surface area contributed by atoms with Gasteiger partial charge in [-0.25, -0.2) is 9.97 Å². The standard InChI is InChI=1S/C17H25N7O.2ClH/c1-12-20-16-14(10-19-22(16)2)17(21-12)24-7-5-23(6-8-24)15(25)11-18-9-13-3-4-13;;/h10,13,18H,3-9,11H2,1-2H3;2*1H. The molecule has 1 saturated carbocycles. The zero-order valence-electron chi connectivity index (χ0n) is 15.7. The molecule has 1 aliphatic carbocycles. The summed E-state index contributed by atoms with van der Waals surface area (Å²) in [6.45, 7) is 6.37. The molecule has 2 aromatic heterocycles. The molecule has 2 aromatic rings. The molecule has 0 unspecified atom stereocenters. The number of hydrogen-bond donors (Lipinski definition) is 1. The Kier molecular flexibility index (Phi) is 7.25. The molecular weight excluding hydrogens is 389 g/mol. The van der Waals surface area contributed by atoms with Crippen molar-refractivity contribution >= 4 is 47.6 Å². The van der Waals surface area contributed by atoms with Crippen LogP contribution in [0.15, 0.2) is 6.20 Å². The van der Waals surface area contributed by atoms with Gasteiger partial charge < -0.3 is 15.1 Å². The molecule has 0 aromatic carbocycles. The number of piperazine rings is 1. The van der Waals surface area contributed by atoms with E-state index >= 15 is 0 Å². The highest BCUT2D eigenvalue weighted by atomic mass is 35.5. The van der Waals surface area contributed by atoms with Crippen LogP contribution in [-0.2, 0) is 11.8 Å². The van der Waals surface area contributed by atoms with Crippen molar-refractivity contribution in [2.75, 3.05) is 44.2 Å². The quantitative estimate of drug-likeness (QED) is 0.788. The van der Waals surface area contributed by atoms with Crippen LogP contribution in [0.25, 0.3) is 11.0 Å². The summed E-state index contributed by atoms with van der Waals surface area (Å²) in [5, 5.41) is 8.56. The summed E-state index contributed by atoms with van der Waals surface area (Å²) in [6.07, 6.45) is 4.44. The number of carbonyl (C=O) groups is 1. The molecule has 1 N–H and O–H groups in total. The average molecular weight is 416 g/mol. The van der Waals surface area contributed by atoms with E-state index in [1.165, 1.54) is 12.8 Å². The fourth-order valence-electron chi connectivity index (χ4n) is 3.34. The van der Waals surface area contributed by atoms with E-state index in [1.807, 2.05) is 25.1 Å². The van der Waals surface area contributed by atoms with Gasteiger partial charge in [0.2, 0.25) is 5.91 Å². The molecule has 4 rings (SSSR count). The Labute approximate surface area is 171 Å². The van der Waals surface area contributed by atoms with Gasteiger partial charge in [-0.2, -0.15) is 5.10 Å². The number of anilines is 1. The van der Waals surface area contributed by atoms with Gasteiger partial charge in [-0.15, -0.1) is 24.8 Å². The number of nitrogens with zero attached hydrogens (tertiary/aromatic N) is 6. The zero-order chi connectivity index (χ0) is 17.4. The molecule has 1 saturated heterocycles. The lowest BCUT2D eigenvalue weighted by Gasteiger charge is -2.35. The average Bonchev–Trinajstić information content (AvgIpc) is 3.37. The van der Waals surface area contributed by atoms with Crippen LogP contribution < -0.4 is 10.2 Å². The molecule has 0 radical (unpaired) electrons. The fraction of sp³-hybridized carbons (Fsp3) is 0.647. The van der Waals surface area contributed by atoms with Crippen LogP contribution in [0, 0.1) is 12.8 Å². The van der Waals surface area contributed by atoms with E-state index in [0.717, 1.165) is 61.3 Å². The van der Waals surface area contributed by atoms with Gasteiger partial charge >= 0.3 is 0 Å². The highest BCUT2D eigenvalue weighted by molar-refractivity contribution is 5.87. The van der Waals surface area contributed by atoms with Gasteiger partial charge in [-0.05, 0) is 32.2 Å². The van der Waals surface area contributed by atoms with Crippen molar-refractivity contribution in [3.05, 3.63) is 12.0 Å². The van der Waals surface area contributed by atoms with E-state index < -0.39 is 0 Å². The lowest BCUT2D eigenvalue weighted by Crippen LogP contribution is -2.51. The highest BCUT2D eigenvalue weighted by Crippen LogP contribution is 2.27. The lowest BCUT2D eigenvalue weighted by atomic mass is 10.2. The minimum Gasteiger partial charge on any atom is -0.352 e. The van der Waals surface area contributed by atoms with Gasteiger partial charge in [0.1, 0.15) is 11.6 Å². The smallest absolute Gasteiger partial charge is 0.236 e. The first kappa shape index (κ1) is 21.7. The van der Waals surface area contributed by atoms with Crippen molar-refractivity contribution in [3.8, 4) is 0 Å². The second kappa shape index (κ2) is 9.03. The van der Waals surface area contributed by atoms with Crippen molar-refractivity contribution in [2.24, 2.45) is 13.0 Å². The van der Waals surface area contributed by atoms with Crippen LogP contribution in [0.2, 0.25) is 0 Å². The first-order valence-electron chi connectivity index (χ1n) is 9.01. The Morgan fingerprint density at radius 1 is 1.19 bits per heavy atom. The summed E-state index contributed by atoms with van der Waals surface area (Å²) >= 11 is 0. The second-order valence-electron chi connectivity index (χ2n) is 7.04. The summed E-state index contributed by atoms with van der Waals surface area (Å²) in [5.41, 5.74) is 0.852. The monoisotopic (exact) mass is 415 g/mol. The number of carbonyl (C=O) groups excluding carboxylic acids is 1. The first-order chi connectivity index (χ1) is 12.1. The Morgan fingerprint density at radius 3 is 2.56 bits per heavy atom. The van der Waals surface area contributed by atoms with Crippen LogP contribution in [0.4, 0.5) is 5.82 Å². The van der Waals surface area contributed by atoms with Crippen LogP contribution in [0.5, 0.6) is 0 Å². The number of nitrogens with one attached hydrogen (secondary N) is 1. The molecule has 150 valence electrons. The van der Waals surface area contributed by atoms with Gasteiger partial charge in [0.15, 0.2) is 5.65 Å². The molecule has 2 aliphatic rings. The van der Waals surface area contributed by atoms with Crippen molar-refractivity contribution in [1.29, 1.82) is 0 Å². The van der Waals surface area contributed by atoms with E-state index in [2.05, 4.69) is 25.3 Å². The van der Waals surface area contributed by atoms with Crippen molar-refractivity contribution in [3.63, 3.8) is 0 Å². The predicted molar refractivity (Wildman–Crippen MR) is 110 cm³/mol. The molecule has 10 heteroatoms. The molecule has 0 bridgehead atoms. The Balaban J connectivity index is 0.00000131. The number of rotatable bonds is 5. The maximum absolute atomic E-state index is 12.3. The van der Waals surface area contributed by atoms with E-state index in [1.54, 1.807) is 4.68 Å².